The van der Waals surface area contributed by atoms with Gasteiger partial charge in [-0.05, 0) is 20.8 Å². The van der Waals surface area contributed by atoms with Crippen molar-refractivity contribution in [2.45, 2.75) is 33.3 Å². The first-order chi connectivity index (χ1) is 5.88. The maximum atomic E-state index is 11.2. The van der Waals surface area contributed by atoms with Gasteiger partial charge in [-0.15, -0.1) is 0 Å². The molecule has 0 radical (unpaired) electrons. The first-order valence-corrected chi connectivity index (χ1v) is 4.34. The Morgan fingerprint density at radius 2 is 2.00 bits per heavy atom. The van der Waals surface area contributed by atoms with Crippen LogP contribution in [0.1, 0.15) is 27.2 Å². The van der Waals surface area contributed by atoms with Gasteiger partial charge in [0.1, 0.15) is 0 Å². The standard InChI is InChI=1S/C9H18O4/c1-9(2,3)8(12)13-5-4-7(11)6-10/h7,10-11H,4-6H2,1-3H3. The Hall–Kier alpha value is -0.610. The molecule has 0 aliphatic rings. The highest BCUT2D eigenvalue weighted by atomic mass is 16.5. The Labute approximate surface area is 78.5 Å². The summed E-state index contributed by atoms with van der Waals surface area (Å²) in [5.74, 6) is -0.294. The fraction of sp³-hybridized carbons (Fsp3) is 0.889. The fourth-order valence-electron chi connectivity index (χ4n) is 0.595. The van der Waals surface area contributed by atoms with E-state index < -0.39 is 11.5 Å². The minimum Gasteiger partial charge on any atom is -0.465 e. The van der Waals surface area contributed by atoms with Crippen LogP contribution in [0.5, 0.6) is 0 Å². The van der Waals surface area contributed by atoms with Crippen LogP contribution in [0.3, 0.4) is 0 Å². The van der Waals surface area contributed by atoms with Crippen molar-refractivity contribution in [3.63, 3.8) is 0 Å². The molecule has 2 N–H and O–H groups in total. The highest BCUT2D eigenvalue weighted by molar-refractivity contribution is 5.75. The molecule has 0 saturated heterocycles. The van der Waals surface area contributed by atoms with Gasteiger partial charge in [0.15, 0.2) is 0 Å². The van der Waals surface area contributed by atoms with Crippen molar-refractivity contribution in [1.82, 2.24) is 0 Å². The Morgan fingerprint density at radius 1 is 1.46 bits per heavy atom. The predicted octanol–water partition coefficient (Wildman–Crippen LogP) is 0.319. The average Bonchev–Trinajstić information content (AvgIpc) is 2.02. The van der Waals surface area contributed by atoms with E-state index in [0.717, 1.165) is 0 Å². The van der Waals surface area contributed by atoms with E-state index in [1.54, 1.807) is 20.8 Å². The second-order valence-electron chi connectivity index (χ2n) is 4.01. The summed E-state index contributed by atoms with van der Waals surface area (Å²) in [6.45, 7) is 5.14. The van der Waals surface area contributed by atoms with Gasteiger partial charge in [-0.3, -0.25) is 4.79 Å². The number of carbonyl (C=O) groups excluding carboxylic acids is 1. The van der Waals surface area contributed by atoms with Gasteiger partial charge in [-0.2, -0.15) is 0 Å². The van der Waals surface area contributed by atoms with Crippen LogP contribution in [0.15, 0.2) is 0 Å². The summed E-state index contributed by atoms with van der Waals surface area (Å²) in [5.41, 5.74) is -0.510. The molecular formula is C9H18O4. The molecule has 4 heteroatoms. The lowest BCUT2D eigenvalue weighted by Crippen LogP contribution is -2.25. The lowest BCUT2D eigenvalue weighted by molar-refractivity contribution is -0.153. The van der Waals surface area contributed by atoms with Crippen molar-refractivity contribution < 1.29 is 19.7 Å². The SMILES string of the molecule is CC(C)(C)C(=O)OCCC(O)CO. The number of esters is 1. The van der Waals surface area contributed by atoms with Gasteiger partial charge in [-0.1, -0.05) is 0 Å². The van der Waals surface area contributed by atoms with Crippen molar-refractivity contribution in [3.8, 4) is 0 Å². The van der Waals surface area contributed by atoms with E-state index in [0.29, 0.717) is 0 Å². The van der Waals surface area contributed by atoms with E-state index in [1.807, 2.05) is 0 Å². The lowest BCUT2D eigenvalue weighted by atomic mass is 9.97. The maximum Gasteiger partial charge on any atom is 0.311 e. The molecule has 0 aromatic carbocycles. The second-order valence-corrected chi connectivity index (χ2v) is 4.01. The summed E-state index contributed by atoms with van der Waals surface area (Å²) >= 11 is 0. The monoisotopic (exact) mass is 190 g/mol. The number of aliphatic hydroxyl groups is 2. The van der Waals surface area contributed by atoms with Crippen LogP contribution < -0.4 is 0 Å². The molecule has 0 saturated carbocycles. The minimum absolute atomic E-state index is 0.151. The molecule has 0 aliphatic heterocycles. The maximum absolute atomic E-state index is 11.2. The molecule has 0 aliphatic carbocycles. The molecule has 13 heavy (non-hydrogen) atoms. The normalized spacial score (nSPS) is 13.9. The van der Waals surface area contributed by atoms with Gasteiger partial charge >= 0.3 is 5.97 Å². The van der Waals surface area contributed by atoms with Crippen molar-refractivity contribution in [1.29, 1.82) is 0 Å². The Kier molecular flexibility index (Phi) is 4.95. The van der Waals surface area contributed by atoms with Crippen LogP contribution >= 0.6 is 0 Å². The van der Waals surface area contributed by atoms with Crippen LogP contribution in [-0.4, -0.2) is 35.5 Å². The topological polar surface area (TPSA) is 66.8 Å². The Balaban J connectivity index is 3.60. The lowest BCUT2D eigenvalue weighted by Gasteiger charge is -2.17. The molecule has 1 unspecified atom stereocenters. The average molecular weight is 190 g/mol. The van der Waals surface area contributed by atoms with Crippen molar-refractivity contribution in [3.05, 3.63) is 0 Å². The van der Waals surface area contributed by atoms with Gasteiger partial charge < -0.3 is 14.9 Å². The molecule has 0 rings (SSSR count). The quantitative estimate of drug-likeness (QED) is 0.626. The molecule has 0 bridgehead atoms. The molecule has 0 heterocycles. The summed E-state index contributed by atoms with van der Waals surface area (Å²) in [5, 5.41) is 17.4. The molecule has 0 spiro atoms. The van der Waals surface area contributed by atoms with Crippen LogP contribution in [-0.2, 0) is 9.53 Å². The molecule has 4 nitrogen and oxygen atoms in total. The van der Waals surface area contributed by atoms with Gasteiger partial charge in [0.05, 0.1) is 24.7 Å². The largest absolute Gasteiger partial charge is 0.465 e. The van der Waals surface area contributed by atoms with Gasteiger partial charge in [0, 0.05) is 6.42 Å². The summed E-state index contributed by atoms with van der Waals surface area (Å²) in [4.78, 5) is 11.2. The number of aliphatic hydroxyl groups excluding tert-OH is 2. The van der Waals surface area contributed by atoms with Crippen molar-refractivity contribution in [2.24, 2.45) is 5.41 Å². The second kappa shape index (κ2) is 5.19. The minimum atomic E-state index is -0.798. The number of rotatable bonds is 4. The van der Waals surface area contributed by atoms with Gasteiger partial charge in [-0.25, -0.2) is 0 Å². The molecule has 0 amide bonds. The first kappa shape index (κ1) is 12.4. The number of hydrogen-bond donors (Lipinski definition) is 2. The molecule has 1 atom stereocenters. The van der Waals surface area contributed by atoms with Crippen LogP contribution in [0.2, 0.25) is 0 Å². The molecule has 0 aromatic heterocycles. The molecular weight excluding hydrogens is 172 g/mol. The van der Waals surface area contributed by atoms with Crippen molar-refractivity contribution >= 4 is 5.97 Å². The van der Waals surface area contributed by atoms with Crippen molar-refractivity contribution in [2.75, 3.05) is 13.2 Å². The van der Waals surface area contributed by atoms with E-state index in [-0.39, 0.29) is 25.6 Å². The highest BCUT2D eigenvalue weighted by Gasteiger charge is 2.22. The van der Waals surface area contributed by atoms with Gasteiger partial charge in [0.2, 0.25) is 0 Å². The third-order valence-corrected chi connectivity index (χ3v) is 1.51. The molecule has 78 valence electrons. The van der Waals surface area contributed by atoms with Gasteiger partial charge in [0.25, 0.3) is 0 Å². The zero-order valence-electron chi connectivity index (χ0n) is 8.41. The van der Waals surface area contributed by atoms with E-state index in [1.165, 1.54) is 0 Å². The third-order valence-electron chi connectivity index (χ3n) is 1.51. The summed E-state index contributed by atoms with van der Waals surface area (Å²) in [6.07, 6.45) is -0.522. The zero-order valence-corrected chi connectivity index (χ0v) is 8.41. The van der Waals surface area contributed by atoms with Crippen LogP contribution in [0.25, 0.3) is 0 Å². The van der Waals surface area contributed by atoms with Crippen LogP contribution in [0.4, 0.5) is 0 Å². The van der Waals surface area contributed by atoms with E-state index >= 15 is 0 Å². The summed E-state index contributed by atoms with van der Waals surface area (Å²) in [7, 11) is 0. The van der Waals surface area contributed by atoms with E-state index in [2.05, 4.69) is 0 Å². The third kappa shape index (κ3) is 5.60. The predicted molar refractivity (Wildman–Crippen MR) is 48.1 cm³/mol. The van der Waals surface area contributed by atoms with E-state index in [9.17, 15) is 4.79 Å². The smallest absolute Gasteiger partial charge is 0.311 e. The Morgan fingerprint density at radius 3 is 2.38 bits per heavy atom. The number of hydrogen-bond acceptors (Lipinski definition) is 4. The number of carbonyl (C=O) groups is 1. The summed E-state index contributed by atoms with van der Waals surface area (Å²) in [6, 6.07) is 0. The number of ether oxygens (including phenoxy) is 1. The fourth-order valence-corrected chi connectivity index (χ4v) is 0.595. The van der Waals surface area contributed by atoms with E-state index in [4.69, 9.17) is 14.9 Å². The Bertz CT molecular complexity index is 159. The summed E-state index contributed by atoms with van der Waals surface area (Å²) < 4.78 is 4.87. The highest BCUT2D eigenvalue weighted by Crippen LogP contribution is 2.15. The first-order valence-electron chi connectivity index (χ1n) is 4.34. The zero-order chi connectivity index (χ0) is 10.5. The molecule has 0 fully saturated rings. The molecule has 0 aromatic rings. The van der Waals surface area contributed by atoms with Crippen LogP contribution in [0, 0.1) is 5.41 Å².